The molecule has 2 aromatic rings. The van der Waals surface area contributed by atoms with E-state index < -0.39 is 0 Å². The van der Waals surface area contributed by atoms with Gasteiger partial charge in [-0.05, 0) is 117 Å². The van der Waals surface area contributed by atoms with E-state index in [0.717, 1.165) is 0 Å². The average Bonchev–Trinajstić information content (AvgIpc) is 2.21. The maximum atomic E-state index is 2.43. The predicted octanol–water partition coefficient (Wildman–Crippen LogP) is 5.78. The van der Waals surface area contributed by atoms with Gasteiger partial charge in [-0.3, -0.25) is 0 Å². The van der Waals surface area contributed by atoms with Crippen molar-refractivity contribution in [3.05, 3.63) is 52.2 Å². The first kappa shape index (κ1) is 14.0. The Kier molecular flexibility index (Phi) is 4.73. The lowest BCUT2D eigenvalue weighted by Crippen LogP contribution is -1.91. The average molecular weight is 560 g/mol. The van der Waals surface area contributed by atoms with E-state index in [-0.39, 0.29) is 0 Å². The van der Waals surface area contributed by atoms with Gasteiger partial charge in [-0.2, -0.15) is 0 Å². The lowest BCUT2D eigenvalue weighted by molar-refractivity contribution is 1.39. The molecule has 0 aliphatic heterocycles. The highest BCUT2D eigenvalue weighted by atomic mass is 127. The highest BCUT2D eigenvalue weighted by Crippen LogP contribution is 2.32. The van der Waals surface area contributed by atoms with Gasteiger partial charge in [0.2, 0.25) is 0 Å². The van der Waals surface area contributed by atoms with E-state index in [1.807, 2.05) is 0 Å². The van der Waals surface area contributed by atoms with Gasteiger partial charge in [-0.25, -0.2) is 0 Å². The van der Waals surface area contributed by atoms with Crippen molar-refractivity contribution in [3.63, 3.8) is 0 Å². The van der Waals surface area contributed by atoms with Crippen molar-refractivity contribution < 1.29 is 0 Å². The molecular formula is C14H11I3. The molecule has 2 rings (SSSR count). The number of benzene rings is 2. The summed E-state index contributed by atoms with van der Waals surface area (Å²) in [6.07, 6.45) is 0. The molecule has 3 heteroatoms. The van der Waals surface area contributed by atoms with E-state index in [1.54, 1.807) is 0 Å². The highest BCUT2D eigenvalue weighted by molar-refractivity contribution is 14.1. The molecule has 0 saturated heterocycles. The minimum atomic E-state index is 1.31. The van der Waals surface area contributed by atoms with E-state index in [1.165, 1.54) is 33.0 Å². The molecule has 0 aliphatic rings. The molecular weight excluding hydrogens is 549 g/mol. The number of rotatable bonds is 1. The quantitative estimate of drug-likeness (QED) is 0.389. The zero-order valence-electron chi connectivity index (χ0n) is 9.52. The molecule has 2 aromatic carbocycles. The molecule has 0 heterocycles. The molecule has 0 aliphatic carbocycles. The maximum Gasteiger partial charge on any atom is 0.0222 e. The molecule has 0 unspecified atom stereocenters. The van der Waals surface area contributed by atoms with Gasteiger partial charge in [0.05, 0.1) is 0 Å². The van der Waals surface area contributed by atoms with E-state index in [0.29, 0.717) is 0 Å². The fraction of sp³-hybridized carbons (Fsp3) is 0.143. The molecule has 0 radical (unpaired) electrons. The van der Waals surface area contributed by atoms with Gasteiger partial charge >= 0.3 is 0 Å². The van der Waals surface area contributed by atoms with Crippen LogP contribution in [0.1, 0.15) is 11.1 Å². The summed E-state index contributed by atoms with van der Waals surface area (Å²) in [6.45, 7) is 4.30. The molecule has 88 valence electrons. The first-order chi connectivity index (χ1) is 7.99. The van der Waals surface area contributed by atoms with Gasteiger partial charge in [0.1, 0.15) is 0 Å². The molecule has 17 heavy (non-hydrogen) atoms. The molecule has 0 amide bonds. The second-order valence-electron chi connectivity index (χ2n) is 4.07. The number of aryl methyl sites for hydroxylation is 2. The van der Waals surface area contributed by atoms with Crippen LogP contribution in [0.4, 0.5) is 0 Å². The van der Waals surface area contributed by atoms with Gasteiger partial charge in [-0.1, -0.05) is 12.1 Å². The van der Waals surface area contributed by atoms with Gasteiger partial charge < -0.3 is 0 Å². The van der Waals surface area contributed by atoms with Crippen LogP contribution in [0.5, 0.6) is 0 Å². The summed E-state index contributed by atoms with van der Waals surface area (Å²) < 4.78 is 3.98. The highest BCUT2D eigenvalue weighted by Gasteiger charge is 2.09. The van der Waals surface area contributed by atoms with Gasteiger partial charge in [0, 0.05) is 16.3 Å². The van der Waals surface area contributed by atoms with Crippen molar-refractivity contribution >= 4 is 67.8 Å². The van der Waals surface area contributed by atoms with E-state index in [9.17, 15) is 0 Å². The molecule has 0 atom stereocenters. The second kappa shape index (κ2) is 5.73. The van der Waals surface area contributed by atoms with Crippen molar-refractivity contribution in [3.8, 4) is 11.1 Å². The SMILES string of the molecule is Cc1cc(I)c(-c2ccc(C)c(I)c2)c(I)c1. The molecule has 0 bridgehead atoms. The summed E-state index contributed by atoms with van der Waals surface area (Å²) in [7, 11) is 0. The van der Waals surface area contributed by atoms with Crippen LogP contribution >= 0.6 is 67.8 Å². The van der Waals surface area contributed by atoms with Crippen LogP contribution < -0.4 is 0 Å². The summed E-state index contributed by atoms with van der Waals surface area (Å²) in [6, 6.07) is 11.2. The molecule has 0 fully saturated rings. The third-order valence-electron chi connectivity index (χ3n) is 2.65. The van der Waals surface area contributed by atoms with Crippen LogP contribution in [0.25, 0.3) is 11.1 Å². The van der Waals surface area contributed by atoms with Crippen molar-refractivity contribution in [1.82, 2.24) is 0 Å². The summed E-state index contributed by atoms with van der Waals surface area (Å²) in [5.74, 6) is 0. The number of hydrogen-bond donors (Lipinski definition) is 0. The molecule has 0 saturated carbocycles. The van der Waals surface area contributed by atoms with Gasteiger partial charge in [0.25, 0.3) is 0 Å². The Bertz CT molecular complexity index is 551. The Morgan fingerprint density at radius 3 is 1.88 bits per heavy atom. The van der Waals surface area contributed by atoms with Crippen LogP contribution in [0.2, 0.25) is 0 Å². The fourth-order valence-corrected chi connectivity index (χ4v) is 4.94. The minimum absolute atomic E-state index is 1.31. The first-order valence-electron chi connectivity index (χ1n) is 5.21. The Balaban J connectivity index is 2.64. The lowest BCUT2D eigenvalue weighted by atomic mass is 10.0. The van der Waals surface area contributed by atoms with E-state index in [4.69, 9.17) is 0 Å². The van der Waals surface area contributed by atoms with Crippen LogP contribution in [0, 0.1) is 24.6 Å². The van der Waals surface area contributed by atoms with Crippen molar-refractivity contribution in [1.29, 1.82) is 0 Å². The molecule has 0 N–H and O–H groups in total. The maximum absolute atomic E-state index is 2.43. The van der Waals surface area contributed by atoms with Gasteiger partial charge in [-0.15, -0.1) is 0 Å². The van der Waals surface area contributed by atoms with Crippen LogP contribution in [0.15, 0.2) is 30.3 Å². The largest absolute Gasteiger partial charge is 0.0577 e. The van der Waals surface area contributed by atoms with Crippen LogP contribution in [-0.2, 0) is 0 Å². The summed E-state index contributed by atoms with van der Waals surface area (Å²) in [5.41, 5.74) is 5.33. The zero-order valence-corrected chi connectivity index (χ0v) is 16.0. The van der Waals surface area contributed by atoms with Crippen molar-refractivity contribution in [2.45, 2.75) is 13.8 Å². The zero-order chi connectivity index (χ0) is 12.6. The Morgan fingerprint density at radius 1 is 0.765 bits per heavy atom. The second-order valence-corrected chi connectivity index (χ2v) is 7.55. The Morgan fingerprint density at radius 2 is 1.35 bits per heavy atom. The molecule has 0 spiro atoms. The van der Waals surface area contributed by atoms with Crippen LogP contribution in [0.3, 0.4) is 0 Å². The summed E-state index contributed by atoms with van der Waals surface area (Å²) in [4.78, 5) is 0. The molecule has 0 aromatic heterocycles. The summed E-state index contributed by atoms with van der Waals surface area (Å²) >= 11 is 7.26. The monoisotopic (exact) mass is 560 g/mol. The number of halogens is 3. The first-order valence-corrected chi connectivity index (χ1v) is 8.45. The van der Waals surface area contributed by atoms with Crippen LogP contribution in [-0.4, -0.2) is 0 Å². The smallest absolute Gasteiger partial charge is 0.0222 e. The van der Waals surface area contributed by atoms with Gasteiger partial charge in [0.15, 0.2) is 0 Å². The lowest BCUT2D eigenvalue weighted by Gasteiger charge is -2.10. The van der Waals surface area contributed by atoms with Crippen molar-refractivity contribution in [2.75, 3.05) is 0 Å². The normalized spacial score (nSPS) is 10.6. The van der Waals surface area contributed by atoms with E-state index >= 15 is 0 Å². The summed E-state index contributed by atoms with van der Waals surface area (Å²) in [5, 5.41) is 0. The Hall–Kier alpha value is 0.630. The standard InChI is InChI=1S/C14H11I3/c1-8-5-12(16)14(13(17)6-8)10-4-3-9(2)11(15)7-10/h3-7H,1-2H3. The third kappa shape index (κ3) is 3.15. The fourth-order valence-electron chi connectivity index (χ4n) is 1.72. The topological polar surface area (TPSA) is 0 Å². The van der Waals surface area contributed by atoms with E-state index in [2.05, 4.69) is 112 Å². The number of hydrogen-bond acceptors (Lipinski definition) is 0. The minimum Gasteiger partial charge on any atom is -0.0577 e. The third-order valence-corrected chi connectivity index (χ3v) is 5.51. The molecule has 0 nitrogen and oxygen atoms in total. The van der Waals surface area contributed by atoms with Crippen molar-refractivity contribution in [2.24, 2.45) is 0 Å². The predicted molar refractivity (Wildman–Crippen MR) is 99.5 cm³/mol. The Labute approximate surface area is 143 Å².